The molecule has 0 aliphatic carbocycles. The molecule has 0 radical (unpaired) electrons. The van der Waals surface area contributed by atoms with E-state index in [-0.39, 0.29) is 0 Å². The Bertz CT molecular complexity index is 511. The zero-order chi connectivity index (χ0) is 13.8. The zero-order valence-corrected chi connectivity index (χ0v) is 12.6. The Morgan fingerprint density at radius 2 is 1.84 bits per heavy atom. The summed E-state index contributed by atoms with van der Waals surface area (Å²) in [6.45, 7) is 9.26. The average Bonchev–Trinajstić information content (AvgIpc) is 2.70. The van der Waals surface area contributed by atoms with Gasteiger partial charge in [-0.15, -0.1) is 11.3 Å². The molecule has 1 aromatic carbocycles. The third kappa shape index (κ3) is 3.78. The zero-order valence-electron chi connectivity index (χ0n) is 11.8. The SMILES string of the molecule is CCN(Cc1ccc(N)cc1)Cc1nc(C)c(C)s1. The minimum Gasteiger partial charge on any atom is -0.399 e. The molecular weight excluding hydrogens is 254 g/mol. The van der Waals surface area contributed by atoms with Crippen molar-refractivity contribution in [1.82, 2.24) is 9.88 Å². The van der Waals surface area contributed by atoms with Gasteiger partial charge in [-0.05, 0) is 38.1 Å². The molecule has 4 heteroatoms. The molecule has 0 amide bonds. The van der Waals surface area contributed by atoms with Gasteiger partial charge < -0.3 is 5.73 Å². The molecule has 3 nitrogen and oxygen atoms in total. The maximum absolute atomic E-state index is 5.71. The van der Waals surface area contributed by atoms with Crippen molar-refractivity contribution in [2.45, 2.75) is 33.9 Å². The first kappa shape index (κ1) is 14.0. The van der Waals surface area contributed by atoms with Gasteiger partial charge in [0.25, 0.3) is 0 Å². The number of aryl methyl sites for hydroxylation is 2. The second-order valence-corrected chi connectivity index (χ2v) is 6.08. The van der Waals surface area contributed by atoms with Crippen molar-refractivity contribution < 1.29 is 0 Å². The first-order chi connectivity index (χ1) is 9.08. The number of hydrogen-bond acceptors (Lipinski definition) is 4. The van der Waals surface area contributed by atoms with Crippen molar-refractivity contribution in [2.24, 2.45) is 0 Å². The molecule has 2 aromatic rings. The summed E-state index contributed by atoms with van der Waals surface area (Å²) < 4.78 is 0. The van der Waals surface area contributed by atoms with Gasteiger partial charge in [-0.2, -0.15) is 0 Å². The molecule has 0 aliphatic heterocycles. The Morgan fingerprint density at radius 3 is 2.37 bits per heavy atom. The summed E-state index contributed by atoms with van der Waals surface area (Å²) in [6, 6.07) is 8.11. The first-order valence-corrected chi connectivity index (χ1v) is 7.39. The molecule has 0 saturated carbocycles. The van der Waals surface area contributed by atoms with Crippen LogP contribution >= 0.6 is 11.3 Å². The van der Waals surface area contributed by atoms with Crippen LogP contribution in [0.2, 0.25) is 0 Å². The summed E-state index contributed by atoms with van der Waals surface area (Å²) in [7, 11) is 0. The average molecular weight is 275 g/mol. The predicted octanol–water partition coefficient (Wildman–Crippen LogP) is 3.36. The van der Waals surface area contributed by atoms with Crippen molar-refractivity contribution in [1.29, 1.82) is 0 Å². The maximum atomic E-state index is 5.71. The number of nitrogen functional groups attached to an aromatic ring is 1. The van der Waals surface area contributed by atoms with Crippen LogP contribution in [0.5, 0.6) is 0 Å². The van der Waals surface area contributed by atoms with Crippen molar-refractivity contribution in [3.05, 3.63) is 45.4 Å². The van der Waals surface area contributed by atoms with Gasteiger partial charge in [0.1, 0.15) is 5.01 Å². The summed E-state index contributed by atoms with van der Waals surface area (Å²) in [5.74, 6) is 0. The highest BCUT2D eigenvalue weighted by Gasteiger charge is 2.09. The van der Waals surface area contributed by atoms with Crippen molar-refractivity contribution in [3.8, 4) is 0 Å². The van der Waals surface area contributed by atoms with E-state index in [0.717, 1.165) is 31.0 Å². The highest BCUT2D eigenvalue weighted by Crippen LogP contribution is 2.19. The van der Waals surface area contributed by atoms with Crippen LogP contribution in [0.3, 0.4) is 0 Å². The van der Waals surface area contributed by atoms with Gasteiger partial charge in [-0.1, -0.05) is 19.1 Å². The van der Waals surface area contributed by atoms with E-state index in [9.17, 15) is 0 Å². The summed E-state index contributed by atoms with van der Waals surface area (Å²) in [5.41, 5.74) is 8.98. The first-order valence-electron chi connectivity index (χ1n) is 6.58. The van der Waals surface area contributed by atoms with Crippen molar-refractivity contribution in [2.75, 3.05) is 12.3 Å². The van der Waals surface area contributed by atoms with E-state index in [1.165, 1.54) is 15.4 Å². The van der Waals surface area contributed by atoms with E-state index >= 15 is 0 Å². The van der Waals surface area contributed by atoms with E-state index in [0.29, 0.717) is 0 Å². The van der Waals surface area contributed by atoms with Crippen molar-refractivity contribution in [3.63, 3.8) is 0 Å². The molecule has 0 atom stereocenters. The monoisotopic (exact) mass is 275 g/mol. The van der Waals surface area contributed by atoms with Gasteiger partial charge >= 0.3 is 0 Å². The molecule has 0 bridgehead atoms. The molecule has 2 rings (SSSR count). The minimum absolute atomic E-state index is 0.818. The fraction of sp³-hybridized carbons (Fsp3) is 0.400. The fourth-order valence-electron chi connectivity index (χ4n) is 1.96. The third-order valence-electron chi connectivity index (χ3n) is 3.26. The van der Waals surface area contributed by atoms with Gasteiger partial charge in [0.2, 0.25) is 0 Å². The smallest absolute Gasteiger partial charge is 0.107 e. The van der Waals surface area contributed by atoms with Crippen LogP contribution < -0.4 is 5.73 Å². The number of aromatic nitrogens is 1. The molecule has 0 saturated heterocycles. The molecule has 1 aromatic heterocycles. The van der Waals surface area contributed by atoms with Crippen LogP contribution in [0.1, 0.15) is 28.1 Å². The second kappa shape index (κ2) is 6.17. The van der Waals surface area contributed by atoms with Crippen LogP contribution in [-0.4, -0.2) is 16.4 Å². The lowest BCUT2D eigenvalue weighted by molar-refractivity contribution is 0.271. The number of rotatable bonds is 5. The van der Waals surface area contributed by atoms with E-state index in [1.54, 1.807) is 11.3 Å². The Hall–Kier alpha value is -1.39. The van der Waals surface area contributed by atoms with Gasteiger partial charge in [-0.3, -0.25) is 4.90 Å². The maximum Gasteiger partial charge on any atom is 0.107 e. The molecule has 0 unspecified atom stereocenters. The summed E-state index contributed by atoms with van der Waals surface area (Å²) in [6.07, 6.45) is 0. The number of hydrogen-bond donors (Lipinski definition) is 1. The van der Waals surface area contributed by atoms with Crippen LogP contribution in [0.25, 0.3) is 0 Å². The Morgan fingerprint density at radius 1 is 1.16 bits per heavy atom. The highest BCUT2D eigenvalue weighted by molar-refractivity contribution is 7.11. The topological polar surface area (TPSA) is 42.1 Å². The van der Waals surface area contributed by atoms with E-state index in [4.69, 9.17) is 5.73 Å². The van der Waals surface area contributed by atoms with Crippen LogP contribution in [-0.2, 0) is 13.1 Å². The number of nitrogens with zero attached hydrogens (tertiary/aromatic N) is 2. The minimum atomic E-state index is 0.818. The van der Waals surface area contributed by atoms with E-state index in [2.05, 4.69) is 42.8 Å². The summed E-state index contributed by atoms with van der Waals surface area (Å²) >= 11 is 1.80. The molecule has 0 aliphatic rings. The van der Waals surface area contributed by atoms with Gasteiger partial charge in [0.05, 0.1) is 12.2 Å². The Balaban J connectivity index is 2.02. The standard InChI is InChI=1S/C15H21N3S/c1-4-18(9-13-5-7-14(16)8-6-13)10-15-17-11(2)12(3)19-15/h5-8H,4,9-10,16H2,1-3H3. The largest absolute Gasteiger partial charge is 0.399 e. The van der Waals surface area contributed by atoms with Crippen LogP contribution in [0.4, 0.5) is 5.69 Å². The molecular formula is C15H21N3S. The fourth-order valence-corrected chi connectivity index (χ4v) is 2.94. The van der Waals surface area contributed by atoms with Crippen molar-refractivity contribution >= 4 is 17.0 Å². The van der Waals surface area contributed by atoms with Gasteiger partial charge in [0, 0.05) is 17.1 Å². The lowest BCUT2D eigenvalue weighted by Crippen LogP contribution is -2.22. The van der Waals surface area contributed by atoms with Gasteiger partial charge in [0.15, 0.2) is 0 Å². The number of anilines is 1. The Labute approximate surface area is 119 Å². The molecule has 19 heavy (non-hydrogen) atoms. The number of nitrogens with two attached hydrogens (primary N) is 1. The molecule has 0 fully saturated rings. The predicted molar refractivity (Wildman–Crippen MR) is 82.2 cm³/mol. The quantitative estimate of drug-likeness (QED) is 0.851. The van der Waals surface area contributed by atoms with E-state index in [1.807, 2.05) is 12.1 Å². The lowest BCUT2D eigenvalue weighted by Gasteiger charge is -2.19. The highest BCUT2D eigenvalue weighted by atomic mass is 32.1. The second-order valence-electron chi connectivity index (χ2n) is 4.79. The summed E-state index contributed by atoms with van der Waals surface area (Å²) in [4.78, 5) is 8.32. The Kier molecular flexibility index (Phi) is 4.56. The summed E-state index contributed by atoms with van der Waals surface area (Å²) in [5, 5.41) is 1.20. The lowest BCUT2D eigenvalue weighted by atomic mass is 10.2. The van der Waals surface area contributed by atoms with E-state index < -0.39 is 0 Å². The number of thiazole rings is 1. The molecule has 0 spiro atoms. The van der Waals surface area contributed by atoms with Crippen LogP contribution in [0, 0.1) is 13.8 Å². The van der Waals surface area contributed by atoms with Crippen LogP contribution in [0.15, 0.2) is 24.3 Å². The van der Waals surface area contributed by atoms with Gasteiger partial charge in [-0.25, -0.2) is 4.98 Å². The molecule has 1 heterocycles. The normalized spacial score (nSPS) is 11.2. The third-order valence-corrected chi connectivity index (χ3v) is 4.32. The molecule has 102 valence electrons. The number of benzene rings is 1. The molecule has 2 N–H and O–H groups in total.